The molecule has 4 aromatic rings. The summed E-state index contributed by atoms with van der Waals surface area (Å²) in [6.45, 7) is 0.559. The fourth-order valence-corrected chi connectivity index (χ4v) is 3.60. The van der Waals surface area contributed by atoms with E-state index in [1.165, 1.54) is 18.3 Å². The Morgan fingerprint density at radius 1 is 1.17 bits per heavy atom. The number of aromatic nitrogens is 2. The van der Waals surface area contributed by atoms with Gasteiger partial charge in [0, 0.05) is 51.5 Å². The van der Waals surface area contributed by atoms with Crippen molar-refractivity contribution in [3.05, 3.63) is 98.3 Å². The third-order valence-electron chi connectivity index (χ3n) is 4.53. The number of benzene rings is 2. The number of nitrogens with one attached hydrogen (secondary N) is 1. The molecule has 0 unspecified atom stereocenters. The Labute approximate surface area is 181 Å². The van der Waals surface area contributed by atoms with Crippen LogP contribution in [0.1, 0.15) is 11.1 Å². The second-order valence-corrected chi connectivity index (χ2v) is 7.31. The number of anilines is 1. The van der Waals surface area contributed by atoms with Gasteiger partial charge in [0.15, 0.2) is 0 Å². The highest BCUT2D eigenvalue weighted by Crippen LogP contribution is 2.26. The van der Waals surface area contributed by atoms with Crippen molar-refractivity contribution in [2.24, 2.45) is 5.10 Å². The van der Waals surface area contributed by atoms with Gasteiger partial charge in [0.1, 0.15) is 0 Å². The molecule has 0 bridgehead atoms. The van der Waals surface area contributed by atoms with Crippen molar-refractivity contribution in [3.63, 3.8) is 0 Å². The highest BCUT2D eigenvalue weighted by molar-refractivity contribution is 6.35. The number of halogens is 2. The first-order chi connectivity index (χ1) is 14.5. The number of pyridine rings is 1. The van der Waals surface area contributed by atoms with Gasteiger partial charge in [0.2, 0.25) is 5.82 Å². The molecule has 0 aliphatic carbocycles. The third kappa shape index (κ3) is 4.12. The first kappa shape index (κ1) is 19.9. The lowest BCUT2D eigenvalue weighted by molar-refractivity contribution is -0.384. The van der Waals surface area contributed by atoms with Gasteiger partial charge in [-0.2, -0.15) is 5.10 Å². The van der Waals surface area contributed by atoms with Crippen LogP contribution in [-0.2, 0) is 6.54 Å². The summed E-state index contributed by atoms with van der Waals surface area (Å²) in [5, 5.41) is 17.4. The first-order valence-corrected chi connectivity index (χ1v) is 9.69. The molecule has 150 valence electrons. The van der Waals surface area contributed by atoms with Crippen molar-refractivity contribution in [3.8, 4) is 0 Å². The quantitative estimate of drug-likeness (QED) is 0.235. The van der Waals surface area contributed by atoms with Gasteiger partial charge in [0.25, 0.3) is 0 Å². The van der Waals surface area contributed by atoms with E-state index in [0.29, 0.717) is 16.6 Å². The molecule has 7 nitrogen and oxygen atoms in total. The summed E-state index contributed by atoms with van der Waals surface area (Å²) in [5.74, 6) is 0.0791. The molecule has 0 saturated heterocycles. The van der Waals surface area contributed by atoms with Crippen LogP contribution in [0, 0.1) is 10.1 Å². The molecule has 4 rings (SSSR count). The molecule has 1 N–H and O–H groups in total. The van der Waals surface area contributed by atoms with Gasteiger partial charge in [0.05, 0.1) is 11.1 Å². The molecule has 0 amide bonds. The van der Waals surface area contributed by atoms with Crippen molar-refractivity contribution in [2.45, 2.75) is 6.54 Å². The minimum atomic E-state index is -0.507. The largest absolute Gasteiger partial charge is 0.342 e. The van der Waals surface area contributed by atoms with E-state index in [1.807, 2.05) is 36.5 Å². The maximum Gasteiger partial charge on any atom is 0.313 e. The second-order valence-electron chi connectivity index (χ2n) is 6.46. The van der Waals surface area contributed by atoms with Crippen LogP contribution in [0.4, 0.5) is 11.5 Å². The normalized spacial score (nSPS) is 11.3. The minimum absolute atomic E-state index is 0.0791. The zero-order valence-corrected chi connectivity index (χ0v) is 17.0. The standard InChI is InChI=1S/C21H15Cl2N5O2/c22-16-8-7-14(18(23)10-16)12-27-13-15(17-4-1-2-5-19(17)27)11-25-26-21-20(28(29)30)6-3-9-24-21/h1-11,13H,12H2,(H,24,26)/b25-11-. The van der Waals surface area contributed by atoms with Gasteiger partial charge in [-0.05, 0) is 29.8 Å². The highest BCUT2D eigenvalue weighted by Gasteiger charge is 2.13. The van der Waals surface area contributed by atoms with Gasteiger partial charge in [-0.25, -0.2) is 4.98 Å². The van der Waals surface area contributed by atoms with Gasteiger partial charge in [-0.15, -0.1) is 0 Å². The number of hydrogen-bond donors (Lipinski definition) is 1. The van der Waals surface area contributed by atoms with Crippen LogP contribution in [0.5, 0.6) is 0 Å². The summed E-state index contributed by atoms with van der Waals surface area (Å²) in [7, 11) is 0. The van der Waals surface area contributed by atoms with E-state index < -0.39 is 4.92 Å². The predicted molar refractivity (Wildman–Crippen MR) is 120 cm³/mol. The van der Waals surface area contributed by atoms with Crippen LogP contribution in [-0.4, -0.2) is 20.7 Å². The van der Waals surface area contributed by atoms with Gasteiger partial charge in [-0.1, -0.05) is 47.5 Å². The van der Waals surface area contributed by atoms with Crippen molar-refractivity contribution >= 4 is 51.8 Å². The lowest BCUT2D eigenvalue weighted by atomic mass is 10.2. The van der Waals surface area contributed by atoms with E-state index in [0.717, 1.165) is 22.0 Å². The molecule has 2 aromatic carbocycles. The number of fused-ring (bicyclic) bond motifs is 1. The topological polar surface area (TPSA) is 85.3 Å². The summed E-state index contributed by atoms with van der Waals surface area (Å²) >= 11 is 12.3. The highest BCUT2D eigenvalue weighted by atomic mass is 35.5. The Bertz CT molecular complexity index is 1270. The summed E-state index contributed by atoms with van der Waals surface area (Å²) < 4.78 is 2.06. The van der Waals surface area contributed by atoms with E-state index in [4.69, 9.17) is 23.2 Å². The van der Waals surface area contributed by atoms with Crippen LogP contribution < -0.4 is 5.43 Å². The summed E-state index contributed by atoms with van der Waals surface area (Å²) in [5.41, 5.74) is 5.30. The monoisotopic (exact) mass is 439 g/mol. The molecule has 30 heavy (non-hydrogen) atoms. The van der Waals surface area contributed by atoms with Gasteiger partial charge < -0.3 is 4.57 Å². The maximum atomic E-state index is 11.1. The molecule has 0 saturated carbocycles. The molecule has 0 fully saturated rings. The number of para-hydroxylation sites is 1. The number of rotatable bonds is 6. The second kappa shape index (κ2) is 8.52. The molecular weight excluding hydrogens is 425 g/mol. The van der Waals surface area contributed by atoms with E-state index in [1.54, 1.807) is 18.3 Å². The molecule has 0 spiro atoms. The Hall–Kier alpha value is -3.42. The molecular formula is C21H15Cl2N5O2. The number of hydrogen-bond acceptors (Lipinski definition) is 5. The Morgan fingerprint density at radius 3 is 2.80 bits per heavy atom. The van der Waals surface area contributed by atoms with Crippen LogP contribution in [0.25, 0.3) is 10.9 Å². The van der Waals surface area contributed by atoms with Crippen molar-refractivity contribution in [1.29, 1.82) is 0 Å². The lowest BCUT2D eigenvalue weighted by Crippen LogP contribution is -1.99. The number of hydrazone groups is 1. The van der Waals surface area contributed by atoms with Gasteiger partial charge >= 0.3 is 5.69 Å². The maximum absolute atomic E-state index is 11.1. The third-order valence-corrected chi connectivity index (χ3v) is 5.12. The zero-order chi connectivity index (χ0) is 21.1. The van der Waals surface area contributed by atoms with Crippen molar-refractivity contribution < 1.29 is 4.92 Å². The van der Waals surface area contributed by atoms with Crippen LogP contribution in [0.15, 0.2) is 72.1 Å². The van der Waals surface area contributed by atoms with Crippen LogP contribution in [0.3, 0.4) is 0 Å². The average molecular weight is 440 g/mol. The SMILES string of the molecule is O=[N+]([O-])c1cccnc1N/N=C\c1cn(Cc2ccc(Cl)cc2Cl)c2ccccc12. The van der Waals surface area contributed by atoms with Gasteiger partial charge in [-0.3, -0.25) is 15.5 Å². The lowest BCUT2D eigenvalue weighted by Gasteiger charge is -2.08. The molecule has 0 aliphatic heterocycles. The summed E-state index contributed by atoms with van der Waals surface area (Å²) in [6, 6.07) is 16.2. The molecule has 0 atom stereocenters. The fourth-order valence-electron chi connectivity index (χ4n) is 3.14. The fraction of sp³-hybridized carbons (Fsp3) is 0.0476. The van der Waals surface area contributed by atoms with E-state index >= 15 is 0 Å². The Balaban J connectivity index is 1.64. The molecule has 2 heterocycles. The molecule has 9 heteroatoms. The smallest absolute Gasteiger partial charge is 0.313 e. The van der Waals surface area contributed by atoms with Crippen molar-refractivity contribution in [2.75, 3.05) is 5.43 Å². The molecule has 2 aromatic heterocycles. The Kier molecular flexibility index (Phi) is 5.65. The summed E-state index contributed by atoms with van der Waals surface area (Å²) in [6.07, 6.45) is 5.03. The minimum Gasteiger partial charge on any atom is -0.342 e. The van der Waals surface area contributed by atoms with E-state index in [-0.39, 0.29) is 11.5 Å². The number of nitrogens with zero attached hydrogens (tertiary/aromatic N) is 4. The number of nitro groups is 1. The van der Waals surface area contributed by atoms with Crippen LogP contribution in [0.2, 0.25) is 10.0 Å². The Morgan fingerprint density at radius 2 is 2.00 bits per heavy atom. The summed E-state index contributed by atoms with van der Waals surface area (Å²) in [4.78, 5) is 14.6. The van der Waals surface area contributed by atoms with Crippen LogP contribution >= 0.6 is 23.2 Å². The molecule has 0 radical (unpaired) electrons. The van der Waals surface area contributed by atoms with E-state index in [9.17, 15) is 10.1 Å². The predicted octanol–water partition coefficient (Wildman–Crippen LogP) is 5.75. The van der Waals surface area contributed by atoms with Crippen molar-refractivity contribution in [1.82, 2.24) is 9.55 Å². The van der Waals surface area contributed by atoms with E-state index in [2.05, 4.69) is 20.1 Å². The zero-order valence-electron chi connectivity index (χ0n) is 15.5. The molecule has 0 aliphatic rings. The average Bonchev–Trinajstić information content (AvgIpc) is 3.08. The first-order valence-electron chi connectivity index (χ1n) is 8.93.